The minimum absolute atomic E-state index is 0.0795. The van der Waals surface area contributed by atoms with E-state index in [9.17, 15) is 4.79 Å². The molecular formula is C19H22O6. The van der Waals surface area contributed by atoms with Gasteiger partial charge in [-0.25, -0.2) is 0 Å². The van der Waals surface area contributed by atoms with Gasteiger partial charge in [0.2, 0.25) is 0 Å². The molecule has 0 unspecified atom stereocenters. The van der Waals surface area contributed by atoms with E-state index in [1.807, 2.05) is 30.3 Å². The molecular weight excluding hydrogens is 324 g/mol. The molecule has 134 valence electrons. The van der Waals surface area contributed by atoms with E-state index in [0.29, 0.717) is 42.6 Å². The number of aliphatic carboxylic acids is 1. The van der Waals surface area contributed by atoms with E-state index in [2.05, 4.69) is 0 Å². The van der Waals surface area contributed by atoms with Gasteiger partial charge in [-0.05, 0) is 36.2 Å². The number of aryl methyl sites for hydroxylation is 1. The number of benzene rings is 2. The SMILES string of the molecule is COc1ccccc1OCCOc1ccc(CCC(=O)O)cc1OC. The van der Waals surface area contributed by atoms with Crippen molar-refractivity contribution < 1.29 is 28.8 Å². The van der Waals surface area contributed by atoms with Crippen LogP contribution in [0.2, 0.25) is 0 Å². The zero-order valence-corrected chi connectivity index (χ0v) is 14.4. The molecule has 0 aromatic heterocycles. The third kappa shape index (κ3) is 5.60. The number of hydrogen-bond acceptors (Lipinski definition) is 5. The average molecular weight is 346 g/mol. The van der Waals surface area contributed by atoms with Gasteiger partial charge in [-0.3, -0.25) is 4.79 Å². The summed E-state index contributed by atoms with van der Waals surface area (Å²) in [6.07, 6.45) is 0.527. The van der Waals surface area contributed by atoms with Crippen molar-refractivity contribution in [2.75, 3.05) is 27.4 Å². The van der Waals surface area contributed by atoms with E-state index in [0.717, 1.165) is 5.56 Å². The van der Waals surface area contributed by atoms with Crippen LogP contribution in [0.25, 0.3) is 0 Å². The molecule has 25 heavy (non-hydrogen) atoms. The lowest BCUT2D eigenvalue weighted by Crippen LogP contribution is -2.10. The van der Waals surface area contributed by atoms with E-state index < -0.39 is 5.97 Å². The van der Waals surface area contributed by atoms with Crippen molar-refractivity contribution in [1.82, 2.24) is 0 Å². The first-order valence-electron chi connectivity index (χ1n) is 7.91. The fraction of sp³-hybridized carbons (Fsp3) is 0.316. The lowest BCUT2D eigenvalue weighted by molar-refractivity contribution is -0.136. The maximum atomic E-state index is 10.7. The maximum absolute atomic E-state index is 10.7. The van der Waals surface area contributed by atoms with E-state index in [-0.39, 0.29) is 6.42 Å². The topological polar surface area (TPSA) is 74.2 Å². The summed E-state index contributed by atoms with van der Waals surface area (Å²) in [5.74, 6) is 1.66. The summed E-state index contributed by atoms with van der Waals surface area (Å²) in [5, 5.41) is 8.75. The van der Waals surface area contributed by atoms with Crippen LogP contribution >= 0.6 is 0 Å². The predicted octanol–water partition coefficient (Wildman–Crippen LogP) is 3.18. The van der Waals surface area contributed by atoms with Gasteiger partial charge in [0.25, 0.3) is 0 Å². The Hall–Kier alpha value is -2.89. The molecule has 1 N–H and O–H groups in total. The summed E-state index contributed by atoms with van der Waals surface area (Å²) < 4.78 is 21.9. The molecule has 2 aromatic rings. The number of methoxy groups -OCH3 is 2. The van der Waals surface area contributed by atoms with Crippen LogP contribution in [-0.4, -0.2) is 38.5 Å². The minimum Gasteiger partial charge on any atom is -0.493 e. The zero-order valence-electron chi connectivity index (χ0n) is 14.4. The zero-order chi connectivity index (χ0) is 18.1. The van der Waals surface area contributed by atoms with Crippen LogP contribution < -0.4 is 18.9 Å². The van der Waals surface area contributed by atoms with Gasteiger partial charge >= 0.3 is 5.97 Å². The Kier molecular flexibility index (Phi) is 6.95. The molecule has 0 spiro atoms. The van der Waals surface area contributed by atoms with E-state index in [1.54, 1.807) is 26.4 Å². The Morgan fingerprint density at radius 1 is 0.880 bits per heavy atom. The number of carboxylic acids is 1. The van der Waals surface area contributed by atoms with Gasteiger partial charge in [0.15, 0.2) is 23.0 Å². The fourth-order valence-electron chi connectivity index (χ4n) is 2.28. The molecule has 0 aliphatic carbocycles. The molecule has 0 atom stereocenters. The number of para-hydroxylation sites is 2. The van der Waals surface area contributed by atoms with Gasteiger partial charge in [0.05, 0.1) is 14.2 Å². The predicted molar refractivity (Wildman–Crippen MR) is 92.9 cm³/mol. The summed E-state index contributed by atoms with van der Waals surface area (Å²) in [7, 11) is 3.14. The molecule has 6 heteroatoms. The molecule has 0 saturated carbocycles. The summed E-state index contributed by atoms with van der Waals surface area (Å²) in [5.41, 5.74) is 0.886. The van der Waals surface area contributed by atoms with Crippen LogP contribution in [0.5, 0.6) is 23.0 Å². The lowest BCUT2D eigenvalue weighted by atomic mass is 10.1. The molecule has 0 fully saturated rings. The van der Waals surface area contributed by atoms with Crippen LogP contribution in [-0.2, 0) is 11.2 Å². The quantitative estimate of drug-likeness (QED) is 0.666. The van der Waals surface area contributed by atoms with Crippen molar-refractivity contribution in [1.29, 1.82) is 0 Å². The van der Waals surface area contributed by atoms with Crippen LogP contribution in [0.4, 0.5) is 0 Å². The molecule has 0 saturated heterocycles. The first-order chi connectivity index (χ1) is 12.1. The first kappa shape index (κ1) is 18.4. The summed E-state index contributed by atoms with van der Waals surface area (Å²) in [4.78, 5) is 10.7. The highest BCUT2D eigenvalue weighted by molar-refractivity contribution is 5.67. The van der Waals surface area contributed by atoms with E-state index >= 15 is 0 Å². The van der Waals surface area contributed by atoms with Crippen molar-refractivity contribution in [2.45, 2.75) is 12.8 Å². The normalized spacial score (nSPS) is 10.2. The van der Waals surface area contributed by atoms with E-state index in [1.165, 1.54) is 0 Å². The Morgan fingerprint density at radius 2 is 1.48 bits per heavy atom. The molecule has 0 radical (unpaired) electrons. The van der Waals surface area contributed by atoms with Crippen molar-refractivity contribution in [2.24, 2.45) is 0 Å². The van der Waals surface area contributed by atoms with Crippen LogP contribution in [0.3, 0.4) is 0 Å². The third-order valence-electron chi connectivity index (χ3n) is 3.52. The summed E-state index contributed by atoms with van der Waals surface area (Å²) in [6.45, 7) is 0.688. The van der Waals surface area contributed by atoms with Gasteiger partial charge in [0, 0.05) is 6.42 Å². The van der Waals surface area contributed by atoms with Crippen molar-refractivity contribution in [3.05, 3.63) is 48.0 Å². The number of carboxylic acid groups (broad SMARTS) is 1. The van der Waals surface area contributed by atoms with Crippen molar-refractivity contribution in [3.63, 3.8) is 0 Å². The summed E-state index contributed by atoms with van der Waals surface area (Å²) in [6, 6.07) is 12.8. The maximum Gasteiger partial charge on any atom is 0.303 e. The average Bonchev–Trinajstić information content (AvgIpc) is 2.64. The molecule has 0 bridgehead atoms. The second-order valence-electron chi connectivity index (χ2n) is 5.23. The highest BCUT2D eigenvalue weighted by atomic mass is 16.5. The van der Waals surface area contributed by atoms with Gasteiger partial charge in [0.1, 0.15) is 13.2 Å². The fourth-order valence-corrected chi connectivity index (χ4v) is 2.28. The first-order valence-corrected chi connectivity index (χ1v) is 7.91. The second kappa shape index (κ2) is 9.42. The molecule has 0 amide bonds. The summed E-state index contributed by atoms with van der Waals surface area (Å²) >= 11 is 0. The molecule has 2 aromatic carbocycles. The Balaban J connectivity index is 1.88. The van der Waals surface area contributed by atoms with Crippen LogP contribution in [0.15, 0.2) is 42.5 Å². The van der Waals surface area contributed by atoms with Gasteiger partial charge in [-0.15, -0.1) is 0 Å². The molecule has 0 aliphatic heterocycles. The molecule has 2 rings (SSSR count). The van der Waals surface area contributed by atoms with Gasteiger partial charge in [-0.2, -0.15) is 0 Å². The largest absolute Gasteiger partial charge is 0.493 e. The smallest absolute Gasteiger partial charge is 0.303 e. The second-order valence-corrected chi connectivity index (χ2v) is 5.23. The third-order valence-corrected chi connectivity index (χ3v) is 3.52. The Morgan fingerprint density at radius 3 is 2.08 bits per heavy atom. The molecule has 0 aliphatic rings. The minimum atomic E-state index is -0.826. The number of hydrogen-bond donors (Lipinski definition) is 1. The van der Waals surface area contributed by atoms with Crippen LogP contribution in [0.1, 0.15) is 12.0 Å². The monoisotopic (exact) mass is 346 g/mol. The van der Waals surface area contributed by atoms with Crippen molar-refractivity contribution in [3.8, 4) is 23.0 Å². The highest BCUT2D eigenvalue weighted by Gasteiger charge is 2.08. The van der Waals surface area contributed by atoms with Gasteiger partial charge in [-0.1, -0.05) is 18.2 Å². The highest BCUT2D eigenvalue weighted by Crippen LogP contribution is 2.29. The van der Waals surface area contributed by atoms with Crippen molar-refractivity contribution >= 4 is 5.97 Å². The number of rotatable bonds is 10. The number of carbonyl (C=O) groups is 1. The lowest BCUT2D eigenvalue weighted by Gasteiger charge is -2.13. The Labute approximate surface area is 146 Å². The molecule has 0 heterocycles. The van der Waals surface area contributed by atoms with Gasteiger partial charge < -0.3 is 24.1 Å². The van der Waals surface area contributed by atoms with E-state index in [4.69, 9.17) is 24.1 Å². The number of ether oxygens (including phenoxy) is 4. The molecule has 6 nitrogen and oxygen atoms in total. The van der Waals surface area contributed by atoms with Crippen LogP contribution in [0, 0.1) is 0 Å². The standard InChI is InChI=1S/C19H22O6/c1-22-15-5-3-4-6-16(15)24-11-12-25-17-9-7-14(8-10-19(20)21)13-18(17)23-2/h3-7,9,13H,8,10-12H2,1-2H3,(H,20,21). The Bertz CT molecular complexity index is 698.